The number of halogens is 3. The first-order valence-corrected chi connectivity index (χ1v) is 7.32. The van der Waals surface area contributed by atoms with Gasteiger partial charge in [0.2, 0.25) is 0 Å². The van der Waals surface area contributed by atoms with Gasteiger partial charge in [0.15, 0.2) is 0 Å². The van der Waals surface area contributed by atoms with Crippen molar-refractivity contribution in [3.05, 3.63) is 35.7 Å². The summed E-state index contributed by atoms with van der Waals surface area (Å²) in [5.74, 6) is 0.00915. The Kier molecular flexibility index (Phi) is 6.06. The Morgan fingerprint density at radius 3 is 2.83 bits per heavy atom. The summed E-state index contributed by atoms with van der Waals surface area (Å²) in [5, 5.41) is 12.7. The molecule has 0 radical (unpaired) electrons. The lowest BCUT2D eigenvalue weighted by Gasteiger charge is -2.13. The van der Waals surface area contributed by atoms with Crippen molar-refractivity contribution in [1.82, 2.24) is 9.97 Å². The van der Waals surface area contributed by atoms with Gasteiger partial charge in [0.1, 0.15) is 10.9 Å². The highest BCUT2D eigenvalue weighted by atomic mass is 35.5. The summed E-state index contributed by atoms with van der Waals surface area (Å²) in [5.41, 5.74) is 1.67. The van der Waals surface area contributed by atoms with E-state index in [0.29, 0.717) is 29.9 Å². The van der Waals surface area contributed by atoms with E-state index >= 15 is 0 Å². The van der Waals surface area contributed by atoms with Crippen LogP contribution in [0, 0.1) is 0 Å². The van der Waals surface area contributed by atoms with Crippen molar-refractivity contribution in [2.75, 3.05) is 11.9 Å². The number of ether oxygens (including phenoxy) is 1. The van der Waals surface area contributed by atoms with Gasteiger partial charge in [-0.1, -0.05) is 11.6 Å². The molecule has 23 heavy (non-hydrogen) atoms. The van der Waals surface area contributed by atoms with Crippen molar-refractivity contribution in [2.24, 2.45) is 0 Å². The Labute approximate surface area is 137 Å². The summed E-state index contributed by atoms with van der Waals surface area (Å²) in [6.45, 7) is -0.704. The van der Waals surface area contributed by atoms with E-state index < -0.39 is 12.7 Å². The number of aliphatic hydroxyl groups excluding tert-OH is 1. The van der Waals surface area contributed by atoms with Crippen LogP contribution in [-0.4, -0.2) is 34.3 Å². The van der Waals surface area contributed by atoms with Crippen LogP contribution in [0.2, 0.25) is 5.15 Å². The molecule has 2 aromatic rings. The van der Waals surface area contributed by atoms with E-state index in [1.165, 1.54) is 24.5 Å². The van der Waals surface area contributed by atoms with Crippen LogP contribution in [0.1, 0.15) is 13.3 Å². The average molecular weight is 344 g/mol. The summed E-state index contributed by atoms with van der Waals surface area (Å²) >= 11 is 5.90. The Balaban J connectivity index is 2.27. The van der Waals surface area contributed by atoms with Gasteiger partial charge in [-0.15, -0.1) is 0 Å². The molecule has 0 aliphatic rings. The fourth-order valence-corrected chi connectivity index (χ4v) is 2.09. The van der Waals surface area contributed by atoms with E-state index in [1.807, 2.05) is 0 Å². The molecule has 2 heterocycles. The van der Waals surface area contributed by atoms with E-state index in [-0.39, 0.29) is 10.9 Å². The fraction of sp³-hybridized carbons (Fsp3) is 0.333. The van der Waals surface area contributed by atoms with Crippen LogP contribution in [0.3, 0.4) is 0 Å². The summed E-state index contributed by atoms with van der Waals surface area (Å²) in [6.07, 6.45) is 2.98. The maximum atomic E-state index is 12.3. The van der Waals surface area contributed by atoms with E-state index in [2.05, 4.69) is 20.0 Å². The molecular weight excluding hydrogens is 328 g/mol. The number of hydrogen-bond donors (Lipinski definition) is 2. The Morgan fingerprint density at radius 1 is 1.35 bits per heavy atom. The van der Waals surface area contributed by atoms with Crippen molar-refractivity contribution in [3.63, 3.8) is 0 Å². The quantitative estimate of drug-likeness (QED) is 0.752. The molecular formula is C15H16ClF2N3O2. The highest BCUT2D eigenvalue weighted by Gasteiger charge is 2.11. The Bertz CT molecular complexity index is 656. The molecule has 2 rings (SSSR count). The summed E-state index contributed by atoms with van der Waals surface area (Å²) in [7, 11) is 0. The molecule has 0 unspecified atom stereocenters. The monoisotopic (exact) mass is 343 g/mol. The molecule has 0 aromatic carbocycles. The van der Waals surface area contributed by atoms with Crippen LogP contribution in [-0.2, 0) is 0 Å². The summed E-state index contributed by atoms with van der Waals surface area (Å²) in [4.78, 5) is 8.15. The number of pyridine rings is 2. The van der Waals surface area contributed by atoms with Crippen molar-refractivity contribution in [1.29, 1.82) is 0 Å². The molecule has 0 aliphatic carbocycles. The minimum atomic E-state index is -2.91. The third-order valence-electron chi connectivity index (χ3n) is 2.98. The van der Waals surface area contributed by atoms with Crippen LogP contribution >= 0.6 is 11.6 Å². The molecule has 0 bridgehead atoms. The molecule has 0 spiro atoms. The molecule has 8 heteroatoms. The smallest absolute Gasteiger partial charge is 0.387 e. The van der Waals surface area contributed by atoms with Crippen LogP contribution < -0.4 is 10.1 Å². The molecule has 2 aromatic heterocycles. The molecule has 5 nitrogen and oxygen atoms in total. The van der Waals surface area contributed by atoms with Crippen molar-refractivity contribution < 1.29 is 18.6 Å². The minimum absolute atomic E-state index is 0.00915. The van der Waals surface area contributed by atoms with Crippen LogP contribution in [0.25, 0.3) is 11.3 Å². The Morgan fingerprint density at radius 2 is 2.13 bits per heavy atom. The normalized spacial score (nSPS) is 12.3. The van der Waals surface area contributed by atoms with Gasteiger partial charge < -0.3 is 15.2 Å². The number of rotatable bonds is 7. The number of alkyl halides is 2. The van der Waals surface area contributed by atoms with Gasteiger partial charge in [-0.2, -0.15) is 8.78 Å². The highest BCUT2D eigenvalue weighted by molar-refractivity contribution is 6.29. The lowest BCUT2D eigenvalue weighted by Crippen LogP contribution is -2.10. The molecule has 0 saturated carbocycles. The lowest BCUT2D eigenvalue weighted by atomic mass is 10.1. The molecule has 0 fully saturated rings. The van der Waals surface area contributed by atoms with E-state index in [9.17, 15) is 13.9 Å². The van der Waals surface area contributed by atoms with E-state index in [1.54, 1.807) is 13.0 Å². The lowest BCUT2D eigenvalue weighted by molar-refractivity contribution is -0.0498. The zero-order valence-corrected chi connectivity index (χ0v) is 13.1. The van der Waals surface area contributed by atoms with E-state index in [0.717, 1.165) is 0 Å². The predicted octanol–water partition coefficient (Wildman–Crippen LogP) is 3.58. The minimum Gasteiger partial charge on any atom is -0.435 e. The van der Waals surface area contributed by atoms with Gasteiger partial charge in [-0.3, -0.25) is 4.98 Å². The molecule has 124 valence electrons. The number of aromatic nitrogens is 2. The number of hydrogen-bond acceptors (Lipinski definition) is 5. The third-order valence-corrected chi connectivity index (χ3v) is 3.19. The Hall–Kier alpha value is -1.99. The molecule has 0 saturated heterocycles. The topological polar surface area (TPSA) is 67.3 Å². The zero-order chi connectivity index (χ0) is 16.8. The van der Waals surface area contributed by atoms with Gasteiger partial charge in [0.25, 0.3) is 0 Å². The second-order valence-electron chi connectivity index (χ2n) is 4.87. The molecule has 2 N–H and O–H groups in total. The second-order valence-corrected chi connectivity index (χ2v) is 5.26. The average Bonchev–Trinajstić information content (AvgIpc) is 2.46. The highest BCUT2D eigenvalue weighted by Crippen LogP contribution is 2.30. The largest absolute Gasteiger partial charge is 0.435 e. The van der Waals surface area contributed by atoms with Crippen molar-refractivity contribution in [3.8, 4) is 17.0 Å². The van der Waals surface area contributed by atoms with E-state index in [4.69, 9.17) is 11.6 Å². The van der Waals surface area contributed by atoms with Crippen molar-refractivity contribution in [2.45, 2.75) is 26.1 Å². The fourth-order valence-electron chi connectivity index (χ4n) is 1.93. The first kappa shape index (κ1) is 17.4. The van der Waals surface area contributed by atoms with Crippen LogP contribution in [0.15, 0.2) is 30.6 Å². The molecule has 0 aliphatic heterocycles. The predicted molar refractivity (Wildman–Crippen MR) is 83.9 cm³/mol. The van der Waals surface area contributed by atoms with Crippen molar-refractivity contribution >= 4 is 17.3 Å². The third kappa shape index (κ3) is 5.30. The second kappa shape index (κ2) is 8.03. The summed E-state index contributed by atoms with van der Waals surface area (Å²) in [6, 6.07) is 4.36. The molecule has 0 amide bonds. The van der Waals surface area contributed by atoms with Gasteiger partial charge in [-0.25, -0.2) is 4.98 Å². The maximum Gasteiger partial charge on any atom is 0.387 e. The number of nitrogens with zero attached hydrogens (tertiary/aromatic N) is 2. The van der Waals surface area contributed by atoms with Crippen LogP contribution in [0.5, 0.6) is 5.75 Å². The van der Waals surface area contributed by atoms with Gasteiger partial charge in [-0.05, 0) is 25.5 Å². The summed E-state index contributed by atoms with van der Waals surface area (Å²) < 4.78 is 29.0. The van der Waals surface area contributed by atoms with Gasteiger partial charge in [0, 0.05) is 36.3 Å². The first-order valence-electron chi connectivity index (χ1n) is 6.94. The van der Waals surface area contributed by atoms with Gasteiger partial charge in [0.05, 0.1) is 11.8 Å². The maximum absolute atomic E-state index is 12.3. The SMILES string of the molecule is C[C@H](O)CCNc1cc(Cl)ncc1-c1cc(OC(F)F)ccn1. The van der Waals surface area contributed by atoms with Crippen LogP contribution in [0.4, 0.5) is 14.5 Å². The number of nitrogens with one attached hydrogen (secondary N) is 1. The zero-order valence-electron chi connectivity index (χ0n) is 12.3. The molecule has 1 atom stereocenters. The number of anilines is 1. The van der Waals surface area contributed by atoms with Gasteiger partial charge >= 0.3 is 6.61 Å². The standard InChI is InChI=1S/C15H16ClF2N3O2/c1-9(22)2-4-19-13-7-14(16)21-8-11(13)12-6-10(3-5-20-12)23-15(17)18/h3,5-9,15,22H,2,4H2,1H3,(H,19,21)/t9-/m0/s1. The number of aliphatic hydroxyl groups is 1. The first-order chi connectivity index (χ1) is 11.0.